The van der Waals surface area contributed by atoms with Crippen LogP contribution in [-0.2, 0) is 10.7 Å². The number of pyridine rings is 1. The number of aromatic nitrogens is 5. The summed E-state index contributed by atoms with van der Waals surface area (Å²) in [4.78, 5) is 26.3. The van der Waals surface area contributed by atoms with Crippen molar-refractivity contribution in [3.63, 3.8) is 0 Å². The lowest BCUT2D eigenvalue weighted by atomic mass is 10.2. The number of anilines is 2. The molecule has 5 rings (SSSR count). The van der Waals surface area contributed by atoms with Crippen molar-refractivity contribution in [1.82, 2.24) is 29.6 Å². The van der Waals surface area contributed by atoms with E-state index >= 15 is 0 Å². The number of hydrogen-bond acceptors (Lipinski definition) is 8. The van der Waals surface area contributed by atoms with Gasteiger partial charge in [0, 0.05) is 45.4 Å². The molecule has 1 N–H and O–H groups in total. The number of likely N-dealkylation sites (tertiary alicyclic amines) is 1. The normalized spacial score (nSPS) is 18.7. The average Bonchev–Trinajstić information content (AvgIpc) is 3.58. The summed E-state index contributed by atoms with van der Waals surface area (Å²) in [6.07, 6.45) is 8.71. The Balaban J connectivity index is 0.000000868. The monoisotopic (exact) mass is 472 g/mol. The Hall–Kier alpha value is -3.21. The number of fused-ring (bicyclic) bond motifs is 1. The van der Waals surface area contributed by atoms with Crippen LogP contribution < -0.4 is 10.2 Å². The van der Waals surface area contributed by atoms with E-state index in [1.165, 1.54) is 26.0 Å². The molecule has 3 aromatic rings. The van der Waals surface area contributed by atoms with Gasteiger partial charge in [0.15, 0.2) is 11.6 Å². The maximum Gasteiger partial charge on any atom is 0.288 e. The van der Waals surface area contributed by atoms with Crippen LogP contribution in [-0.4, -0.2) is 75.2 Å². The highest BCUT2D eigenvalue weighted by atomic mass is 19.3. The second kappa shape index (κ2) is 9.96. The molecule has 2 fully saturated rings. The highest BCUT2D eigenvalue weighted by Crippen LogP contribution is 2.33. The summed E-state index contributed by atoms with van der Waals surface area (Å²) in [5, 5.41) is 8.71. The third-order valence-electron chi connectivity index (χ3n) is 6.21. The molecule has 0 bridgehead atoms. The molecule has 0 aromatic carbocycles. The van der Waals surface area contributed by atoms with Crippen LogP contribution in [0, 0.1) is 0 Å². The number of rotatable bonds is 5. The second-order valence-electron chi connectivity index (χ2n) is 8.59. The van der Waals surface area contributed by atoms with Gasteiger partial charge in [-0.3, -0.25) is 9.88 Å². The number of halogens is 2. The first kappa shape index (κ1) is 23.9. The molecule has 0 spiro atoms. The van der Waals surface area contributed by atoms with E-state index in [1.54, 1.807) is 17.9 Å². The Labute approximate surface area is 197 Å². The zero-order valence-electron chi connectivity index (χ0n) is 19.7. The molecule has 11 heteroatoms. The van der Waals surface area contributed by atoms with Crippen molar-refractivity contribution in [3.8, 4) is 5.82 Å². The maximum atomic E-state index is 13.9. The quantitative estimate of drug-likeness (QED) is 0.566. The van der Waals surface area contributed by atoms with E-state index in [9.17, 15) is 8.78 Å². The van der Waals surface area contributed by atoms with Gasteiger partial charge in [0.2, 0.25) is 0 Å². The van der Waals surface area contributed by atoms with Crippen molar-refractivity contribution in [2.24, 2.45) is 0 Å². The van der Waals surface area contributed by atoms with Gasteiger partial charge in [-0.1, -0.05) is 0 Å². The Kier molecular flexibility index (Phi) is 7.01. The highest BCUT2D eigenvalue weighted by molar-refractivity contribution is 5.92. The third kappa shape index (κ3) is 4.84. The van der Waals surface area contributed by atoms with Crippen molar-refractivity contribution < 1.29 is 13.6 Å². The molecule has 2 saturated heterocycles. The van der Waals surface area contributed by atoms with E-state index in [0.717, 1.165) is 68.7 Å². The largest absolute Gasteiger partial charge is 0.373 e. The molecule has 182 valence electrons. The molecule has 1 atom stereocenters. The summed E-state index contributed by atoms with van der Waals surface area (Å²) in [7, 11) is 1.79. The van der Waals surface area contributed by atoms with Crippen LogP contribution in [0.1, 0.15) is 38.8 Å². The number of hydrogen-bond donors (Lipinski definition) is 1. The van der Waals surface area contributed by atoms with E-state index in [0.29, 0.717) is 11.9 Å². The van der Waals surface area contributed by atoms with E-state index < -0.39 is 5.92 Å². The summed E-state index contributed by atoms with van der Waals surface area (Å²) in [6, 6.07) is 2.38. The molecule has 0 amide bonds. The highest BCUT2D eigenvalue weighted by Gasteiger charge is 2.32. The van der Waals surface area contributed by atoms with Crippen LogP contribution in [0.2, 0.25) is 0 Å². The SMILES string of the molecule is CC=O.CNc1cc2c(cn1)c(N1CCC(N3CCCC3)C1)nn2-c1cncc(C(C)(F)F)n1. The number of carbonyl (C=O) groups excluding carboxylic acids is 1. The van der Waals surface area contributed by atoms with E-state index in [2.05, 4.69) is 30.1 Å². The summed E-state index contributed by atoms with van der Waals surface area (Å²) in [5.74, 6) is -1.34. The van der Waals surface area contributed by atoms with Gasteiger partial charge < -0.3 is 15.0 Å². The molecule has 1 unspecified atom stereocenters. The fourth-order valence-corrected chi connectivity index (χ4v) is 4.55. The van der Waals surface area contributed by atoms with Crippen LogP contribution in [0.3, 0.4) is 0 Å². The van der Waals surface area contributed by atoms with Gasteiger partial charge in [-0.05, 0) is 39.3 Å². The summed E-state index contributed by atoms with van der Waals surface area (Å²) < 4.78 is 29.3. The Morgan fingerprint density at radius 1 is 1.18 bits per heavy atom. The minimum absolute atomic E-state index is 0.263. The van der Waals surface area contributed by atoms with Gasteiger partial charge in [-0.2, -0.15) is 8.78 Å². The first-order valence-corrected chi connectivity index (χ1v) is 11.5. The van der Waals surface area contributed by atoms with Crippen LogP contribution in [0.25, 0.3) is 16.7 Å². The predicted molar refractivity (Wildman–Crippen MR) is 127 cm³/mol. The Morgan fingerprint density at radius 2 is 1.91 bits per heavy atom. The molecule has 34 heavy (non-hydrogen) atoms. The summed E-state index contributed by atoms with van der Waals surface area (Å²) >= 11 is 0. The Bertz CT molecular complexity index is 1140. The van der Waals surface area contributed by atoms with E-state index in [4.69, 9.17) is 9.89 Å². The standard InChI is InChI=1S/C21H26F2N8.C2H4O/c1-21(22,23)17-11-25-12-19(27-17)31-16-9-18(24-2)26-10-15(16)20(28-31)30-8-5-14(13-30)29-6-3-4-7-29;1-2-3/h9-12,14H,3-8,13H2,1-2H3,(H,24,26);2H,1H3. The van der Waals surface area contributed by atoms with Crippen molar-refractivity contribution >= 4 is 28.8 Å². The molecular formula is C23H30F2N8O. The first-order chi connectivity index (χ1) is 16.4. The van der Waals surface area contributed by atoms with Gasteiger partial charge in [0.05, 0.1) is 23.3 Å². The van der Waals surface area contributed by atoms with Gasteiger partial charge in [-0.25, -0.2) is 14.6 Å². The molecule has 3 aromatic heterocycles. The maximum absolute atomic E-state index is 13.9. The van der Waals surface area contributed by atoms with Crippen LogP contribution in [0.4, 0.5) is 20.4 Å². The van der Waals surface area contributed by atoms with Crippen LogP contribution in [0.15, 0.2) is 24.7 Å². The molecule has 2 aliphatic heterocycles. The minimum atomic E-state index is -3.08. The second-order valence-corrected chi connectivity index (χ2v) is 8.59. The average molecular weight is 473 g/mol. The van der Waals surface area contributed by atoms with Gasteiger partial charge in [0.25, 0.3) is 5.92 Å². The molecule has 0 aliphatic carbocycles. The summed E-state index contributed by atoms with van der Waals surface area (Å²) in [5.41, 5.74) is 0.373. The Morgan fingerprint density at radius 3 is 2.59 bits per heavy atom. The topological polar surface area (TPSA) is 92.1 Å². The number of nitrogens with one attached hydrogen (secondary N) is 1. The first-order valence-electron chi connectivity index (χ1n) is 11.5. The lowest BCUT2D eigenvalue weighted by molar-refractivity contribution is -0.106. The van der Waals surface area contributed by atoms with Gasteiger partial charge in [0.1, 0.15) is 17.8 Å². The fraction of sp³-hybridized carbons (Fsp3) is 0.522. The molecule has 5 heterocycles. The molecule has 2 aliphatic rings. The number of carbonyl (C=O) groups is 1. The minimum Gasteiger partial charge on any atom is -0.373 e. The van der Waals surface area contributed by atoms with Crippen LogP contribution in [0.5, 0.6) is 0 Å². The van der Waals surface area contributed by atoms with Crippen molar-refractivity contribution in [1.29, 1.82) is 0 Å². The number of alkyl halides is 2. The lowest BCUT2D eigenvalue weighted by Crippen LogP contribution is -2.35. The zero-order chi connectivity index (χ0) is 24.3. The molecule has 0 saturated carbocycles. The molecular weight excluding hydrogens is 442 g/mol. The molecule has 0 radical (unpaired) electrons. The van der Waals surface area contributed by atoms with Crippen molar-refractivity contribution in [3.05, 3.63) is 30.4 Å². The zero-order valence-corrected chi connectivity index (χ0v) is 19.7. The van der Waals surface area contributed by atoms with Crippen molar-refractivity contribution in [2.45, 2.75) is 45.1 Å². The molecule has 9 nitrogen and oxygen atoms in total. The third-order valence-corrected chi connectivity index (χ3v) is 6.21. The fourth-order valence-electron chi connectivity index (χ4n) is 4.55. The van der Waals surface area contributed by atoms with Crippen molar-refractivity contribution in [2.75, 3.05) is 43.4 Å². The van der Waals surface area contributed by atoms with E-state index in [1.807, 2.05) is 6.07 Å². The van der Waals surface area contributed by atoms with Gasteiger partial charge >= 0.3 is 0 Å². The summed E-state index contributed by atoms with van der Waals surface area (Å²) in [6.45, 7) is 6.39. The number of aldehydes is 1. The smallest absolute Gasteiger partial charge is 0.288 e. The van der Waals surface area contributed by atoms with Crippen LogP contribution >= 0.6 is 0 Å². The van der Waals surface area contributed by atoms with E-state index in [-0.39, 0.29) is 11.5 Å². The van der Waals surface area contributed by atoms with Gasteiger partial charge in [-0.15, -0.1) is 5.10 Å². The number of nitrogens with zero attached hydrogens (tertiary/aromatic N) is 7. The lowest BCUT2D eigenvalue weighted by Gasteiger charge is -2.23. The predicted octanol–water partition coefficient (Wildman–Crippen LogP) is 3.24.